The lowest BCUT2D eigenvalue weighted by atomic mass is 10.0. The maximum absolute atomic E-state index is 12.2. The van der Waals surface area contributed by atoms with E-state index in [9.17, 15) is 13.2 Å². The second-order valence-corrected chi connectivity index (χ2v) is 6.17. The number of aliphatic hydroxyl groups is 1. The van der Waals surface area contributed by atoms with Gasteiger partial charge in [0.15, 0.2) is 5.69 Å². The van der Waals surface area contributed by atoms with Gasteiger partial charge in [-0.1, -0.05) is 13.3 Å². The van der Waals surface area contributed by atoms with Crippen molar-refractivity contribution in [1.29, 1.82) is 0 Å². The highest BCUT2D eigenvalue weighted by molar-refractivity contribution is 7.89. The minimum absolute atomic E-state index is 0.00439. The predicted molar refractivity (Wildman–Crippen MR) is 71.0 cm³/mol. The third kappa shape index (κ3) is 3.78. The zero-order chi connectivity index (χ0) is 15.3. The smallest absolute Gasteiger partial charge is 0.357 e. The number of aromatic carboxylic acids is 1. The Morgan fingerprint density at radius 2 is 2.15 bits per heavy atom. The Morgan fingerprint density at radius 1 is 1.50 bits per heavy atom. The number of aliphatic hydroxyl groups excluding tert-OH is 1. The van der Waals surface area contributed by atoms with Gasteiger partial charge < -0.3 is 10.2 Å². The average Bonchev–Trinajstić information content (AvgIpc) is 2.77. The highest BCUT2D eigenvalue weighted by Crippen LogP contribution is 2.18. The molecule has 0 spiro atoms. The van der Waals surface area contributed by atoms with Crippen molar-refractivity contribution in [3.63, 3.8) is 0 Å². The van der Waals surface area contributed by atoms with E-state index in [1.807, 2.05) is 6.92 Å². The molecule has 1 heterocycles. The quantitative estimate of drug-likeness (QED) is 0.538. The zero-order valence-corrected chi connectivity index (χ0v) is 12.2. The van der Waals surface area contributed by atoms with Crippen LogP contribution in [0.1, 0.15) is 35.9 Å². The summed E-state index contributed by atoms with van der Waals surface area (Å²) in [5.41, 5.74) is -0.352. The number of carbonyl (C=O) groups is 1. The molecule has 114 valence electrons. The number of aromatic amines is 1. The van der Waals surface area contributed by atoms with E-state index in [0.717, 1.165) is 0 Å². The van der Waals surface area contributed by atoms with E-state index in [2.05, 4.69) is 14.9 Å². The molecule has 1 aromatic heterocycles. The topological polar surface area (TPSA) is 132 Å². The Hall–Kier alpha value is -1.45. The minimum Gasteiger partial charge on any atom is -0.476 e. The molecule has 1 unspecified atom stereocenters. The van der Waals surface area contributed by atoms with Crippen molar-refractivity contribution in [2.75, 3.05) is 13.2 Å². The number of H-pyrrole nitrogens is 1. The zero-order valence-electron chi connectivity index (χ0n) is 11.4. The van der Waals surface area contributed by atoms with Crippen LogP contribution in [0.2, 0.25) is 0 Å². The number of carboxylic acid groups (broad SMARTS) is 1. The van der Waals surface area contributed by atoms with Gasteiger partial charge in [0.2, 0.25) is 10.0 Å². The molecule has 0 aliphatic heterocycles. The van der Waals surface area contributed by atoms with Crippen LogP contribution in [0, 0.1) is 12.8 Å². The van der Waals surface area contributed by atoms with Crippen LogP contribution in [0.4, 0.5) is 0 Å². The Kier molecular flexibility index (Phi) is 5.66. The van der Waals surface area contributed by atoms with Crippen LogP contribution in [0.5, 0.6) is 0 Å². The van der Waals surface area contributed by atoms with Gasteiger partial charge in [-0.25, -0.2) is 17.9 Å². The highest BCUT2D eigenvalue weighted by atomic mass is 32.2. The first-order valence-corrected chi connectivity index (χ1v) is 7.70. The molecule has 0 saturated heterocycles. The molecule has 20 heavy (non-hydrogen) atoms. The molecule has 0 aliphatic rings. The molecule has 9 heteroatoms. The summed E-state index contributed by atoms with van der Waals surface area (Å²) in [6, 6.07) is 0. The molecule has 0 aliphatic carbocycles. The lowest BCUT2D eigenvalue weighted by molar-refractivity contribution is 0.0686. The lowest BCUT2D eigenvalue weighted by Gasteiger charge is -2.14. The number of aromatic nitrogens is 2. The van der Waals surface area contributed by atoms with Gasteiger partial charge in [0.05, 0.1) is 5.69 Å². The van der Waals surface area contributed by atoms with Crippen molar-refractivity contribution in [3.8, 4) is 0 Å². The molecule has 8 nitrogen and oxygen atoms in total. The first-order valence-electron chi connectivity index (χ1n) is 6.22. The number of hydrogen-bond donors (Lipinski definition) is 4. The van der Waals surface area contributed by atoms with Gasteiger partial charge in [-0.2, -0.15) is 5.10 Å². The van der Waals surface area contributed by atoms with Crippen LogP contribution in [0.15, 0.2) is 4.90 Å². The van der Waals surface area contributed by atoms with Crippen molar-refractivity contribution in [3.05, 3.63) is 11.4 Å². The van der Waals surface area contributed by atoms with Gasteiger partial charge in [0, 0.05) is 13.2 Å². The Balaban J connectivity index is 2.94. The summed E-state index contributed by atoms with van der Waals surface area (Å²) in [5, 5.41) is 23.7. The molecule has 1 aromatic rings. The summed E-state index contributed by atoms with van der Waals surface area (Å²) in [4.78, 5) is 10.6. The number of nitrogens with zero attached hydrogens (tertiary/aromatic N) is 1. The van der Waals surface area contributed by atoms with Crippen molar-refractivity contribution in [1.82, 2.24) is 14.9 Å². The largest absolute Gasteiger partial charge is 0.476 e. The first kappa shape index (κ1) is 16.6. The standard InChI is InChI=1S/C11H19N3O5S/c1-3-8(4-5-15)6-12-20(18,19)10-7(2)13-14-9(10)11(16)17/h8,12,15H,3-6H2,1-2H3,(H,13,14)(H,16,17). The fourth-order valence-electron chi connectivity index (χ4n) is 1.83. The van der Waals surface area contributed by atoms with Crippen molar-refractivity contribution in [2.24, 2.45) is 5.92 Å². The van der Waals surface area contributed by atoms with Crippen molar-refractivity contribution < 1.29 is 23.4 Å². The molecular formula is C11H19N3O5S. The summed E-state index contributed by atoms with van der Waals surface area (Å²) < 4.78 is 26.7. The van der Waals surface area contributed by atoms with Gasteiger partial charge in [0.1, 0.15) is 4.90 Å². The summed E-state index contributed by atoms with van der Waals surface area (Å²) >= 11 is 0. The van der Waals surface area contributed by atoms with E-state index >= 15 is 0 Å². The number of carboxylic acids is 1. The highest BCUT2D eigenvalue weighted by Gasteiger charge is 2.28. The van der Waals surface area contributed by atoms with E-state index in [1.165, 1.54) is 6.92 Å². The third-order valence-electron chi connectivity index (χ3n) is 3.04. The van der Waals surface area contributed by atoms with Crippen LogP contribution in [-0.4, -0.2) is 47.9 Å². The summed E-state index contributed by atoms with van der Waals surface area (Å²) in [7, 11) is -3.95. The first-order chi connectivity index (χ1) is 9.33. The third-order valence-corrected chi connectivity index (χ3v) is 4.62. The van der Waals surface area contributed by atoms with Crippen molar-refractivity contribution in [2.45, 2.75) is 31.6 Å². The number of nitrogens with one attached hydrogen (secondary N) is 2. The molecule has 1 atom stereocenters. The number of rotatable bonds is 8. The van der Waals surface area contributed by atoms with Gasteiger partial charge in [-0.05, 0) is 19.3 Å². The normalized spacial score (nSPS) is 13.3. The number of aryl methyl sites for hydroxylation is 1. The Labute approximate surface area is 117 Å². The van der Waals surface area contributed by atoms with Crippen LogP contribution >= 0.6 is 0 Å². The molecule has 4 N–H and O–H groups in total. The van der Waals surface area contributed by atoms with Gasteiger partial charge in [0.25, 0.3) is 0 Å². The lowest BCUT2D eigenvalue weighted by Crippen LogP contribution is -2.31. The monoisotopic (exact) mass is 305 g/mol. The molecule has 0 radical (unpaired) electrons. The summed E-state index contributed by atoms with van der Waals surface area (Å²) in [6.07, 6.45) is 1.19. The number of sulfonamides is 1. The molecule has 0 saturated carbocycles. The van der Waals surface area contributed by atoms with Crippen LogP contribution in [0.25, 0.3) is 0 Å². The van der Waals surface area contributed by atoms with E-state index in [4.69, 9.17) is 10.2 Å². The Morgan fingerprint density at radius 3 is 2.65 bits per heavy atom. The maximum Gasteiger partial charge on any atom is 0.357 e. The fourth-order valence-corrected chi connectivity index (χ4v) is 3.26. The van der Waals surface area contributed by atoms with E-state index < -0.39 is 21.7 Å². The molecule has 0 amide bonds. The second kappa shape index (κ2) is 6.82. The predicted octanol–water partition coefficient (Wildman–Crippen LogP) is 0.103. The molecule has 0 fully saturated rings. The molecule has 0 aromatic carbocycles. The van der Waals surface area contributed by atoms with Crippen LogP contribution < -0.4 is 4.72 Å². The van der Waals surface area contributed by atoms with Crippen molar-refractivity contribution >= 4 is 16.0 Å². The summed E-state index contributed by atoms with van der Waals surface area (Å²) in [5.74, 6) is -1.41. The summed E-state index contributed by atoms with van der Waals surface area (Å²) in [6.45, 7) is 3.45. The van der Waals surface area contributed by atoms with Crippen LogP contribution in [0.3, 0.4) is 0 Å². The van der Waals surface area contributed by atoms with Gasteiger partial charge in [-0.3, -0.25) is 5.10 Å². The van der Waals surface area contributed by atoms with E-state index in [0.29, 0.717) is 12.8 Å². The van der Waals surface area contributed by atoms with Crippen LogP contribution in [-0.2, 0) is 10.0 Å². The fraction of sp³-hybridized carbons (Fsp3) is 0.636. The van der Waals surface area contributed by atoms with E-state index in [1.54, 1.807) is 0 Å². The maximum atomic E-state index is 12.2. The average molecular weight is 305 g/mol. The molecule has 1 rings (SSSR count). The van der Waals surface area contributed by atoms with E-state index in [-0.39, 0.29) is 29.7 Å². The number of hydrogen-bond acceptors (Lipinski definition) is 5. The minimum atomic E-state index is -3.95. The molecular weight excluding hydrogens is 286 g/mol. The Bertz CT molecular complexity index is 567. The SMILES string of the molecule is CCC(CCO)CNS(=O)(=O)c1c(C(=O)O)n[nH]c1C. The van der Waals surface area contributed by atoms with Gasteiger partial charge >= 0.3 is 5.97 Å². The van der Waals surface area contributed by atoms with Gasteiger partial charge in [-0.15, -0.1) is 0 Å². The second-order valence-electron chi connectivity index (χ2n) is 4.47. The molecule has 0 bridgehead atoms.